The standard InChI is InChI=1S/C57H45N/c1-2-13-43(14-3-1)56-49-17-7-5-12-41(49)23-30-50(56)42-21-26-46(27-22-42)58(47-28-24-44(25-29-47)57-36-38-33-39(37-57)35-45(57)34-38)55-32-31-53(52-18-8-9-19-54(52)55)51-20-10-15-40-11-4-6-16-48(40)51/h1-32,38-39,45H,33-37H2. The fourth-order valence-corrected chi connectivity index (χ4v) is 12.0. The zero-order valence-electron chi connectivity index (χ0n) is 32.7. The van der Waals surface area contributed by atoms with Crippen molar-refractivity contribution < 1.29 is 0 Å². The predicted molar refractivity (Wildman–Crippen MR) is 245 cm³/mol. The molecule has 9 aromatic rings. The van der Waals surface area contributed by atoms with E-state index in [0.29, 0.717) is 5.41 Å². The smallest absolute Gasteiger partial charge is 0.0540 e. The van der Waals surface area contributed by atoms with Gasteiger partial charge in [-0.15, -0.1) is 0 Å². The van der Waals surface area contributed by atoms with Gasteiger partial charge in [-0.2, -0.15) is 0 Å². The largest absolute Gasteiger partial charge is 0.310 e. The van der Waals surface area contributed by atoms with Gasteiger partial charge in [-0.25, -0.2) is 0 Å². The normalized spacial score (nSPS) is 20.7. The maximum atomic E-state index is 2.50. The number of hydrogen-bond donors (Lipinski definition) is 0. The van der Waals surface area contributed by atoms with Crippen LogP contribution < -0.4 is 4.90 Å². The highest BCUT2D eigenvalue weighted by molar-refractivity contribution is 6.10. The fraction of sp³-hybridized carbons (Fsp3) is 0.158. The first-order chi connectivity index (χ1) is 28.7. The van der Waals surface area contributed by atoms with Gasteiger partial charge >= 0.3 is 0 Å². The summed E-state index contributed by atoms with van der Waals surface area (Å²) >= 11 is 0. The molecule has 0 heterocycles. The lowest BCUT2D eigenvalue weighted by Crippen LogP contribution is -2.27. The van der Waals surface area contributed by atoms with Gasteiger partial charge in [0, 0.05) is 16.8 Å². The molecule has 58 heavy (non-hydrogen) atoms. The highest BCUT2D eigenvalue weighted by atomic mass is 15.1. The molecule has 2 unspecified atom stereocenters. The number of rotatable bonds is 7. The van der Waals surface area contributed by atoms with Crippen LogP contribution in [-0.4, -0.2) is 0 Å². The van der Waals surface area contributed by atoms with Crippen molar-refractivity contribution in [1.82, 2.24) is 0 Å². The van der Waals surface area contributed by atoms with Crippen molar-refractivity contribution in [3.8, 4) is 33.4 Å². The Labute approximate surface area is 341 Å². The Bertz CT molecular complexity index is 2980. The maximum Gasteiger partial charge on any atom is 0.0540 e. The molecule has 13 rings (SSSR count). The molecule has 2 atom stereocenters. The van der Waals surface area contributed by atoms with Crippen molar-refractivity contribution >= 4 is 49.4 Å². The van der Waals surface area contributed by atoms with E-state index >= 15 is 0 Å². The van der Waals surface area contributed by atoms with Crippen molar-refractivity contribution in [3.05, 3.63) is 200 Å². The molecule has 4 bridgehead atoms. The van der Waals surface area contributed by atoms with E-state index in [-0.39, 0.29) is 0 Å². The van der Waals surface area contributed by atoms with Crippen LogP contribution in [0, 0.1) is 17.8 Å². The molecule has 0 spiro atoms. The first kappa shape index (κ1) is 33.7. The Kier molecular flexibility index (Phi) is 7.73. The molecule has 4 saturated carbocycles. The average molecular weight is 744 g/mol. The summed E-state index contributed by atoms with van der Waals surface area (Å²) in [6.45, 7) is 0. The van der Waals surface area contributed by atoms with Crippen LogP contribution in [0.5, 0.6) is 0 Å². The molecular formula is C57H45N. The maximum absolute atomic E-state index is 2.50. The molecule has 0 aromatic heterocycles. The molecule has 0 N–H and O–H groups in total. The quantitative estimate of drug-likeness (QED) is 0.157. The third-order valence-electron chi connectivity index (χ3n) is 14.3. The van der Waals surface area contributed by atoms with E-state index in [1.165, 1.54) is 109 Å². The number of fused-ring (bicyclic) bond motifs is 3. The lowest BCUT2D eigenvalue weighted by atomic mass is 9.71. The molecular weight excluding hydrogens is 699 g/mol. The first-order valence-electron chi connectivity index (χ1n) is 21.3. The molecule has 0 aliphatic heterocycles. The third kappa shape index (κ3) is 5.30. The van der Waals surface area contributed by atoms with E-state index in [4.69, 9.17) is 0 Å². The van der Waals surface area contributed by atoms with Gasteiger partial charge in [0.25, 0.3) is 0 Å². The van der Waals surface area contributed by atoms with Crippen molar-refractivity contribution in [2.24, 2.45) is 17.8 Å². The average Bonchev–Trinajstić information content (AvgIpc) is 3.70. The van der Waals surface area contributed by atoms with E-state index in [1.807, 2.05) is 0 Å². The van der Waals surface area contributed by atoms with Crippen LogP contribution in [0.15, 0.2) is 194 Å². The number of hydrogen-bond acceptors (Lipinski definition) is 1. The molecule has 4 aliphatic carbocycles. The van der Waals surface area contributed by atoms with E-state index in [0.717, 1.165) is 23.4 Å². The summed E-state index contributed by atoms with van der Waals surface area (Å²) in [6, 6.07) is 72.5. The van der Waals surface area contributed by atoms with Crippen LogP contribution in [0.25, 0.3) is 65.7 Å². The SMILES string of the molecule is c1ccc(-c2c(-c3ccc(N(c4ccc(C56CC7CC(CC5C7)C6)cc4)c4ccc(-c5cccc6ccccc56)c5ccccc45)cc3)ccc3ccccc23)cc1. The van der Waals surface area contributed by atoms with Gasteiger partial charge in [-0.3, -0.25) is 0 Å². The lowest BCUT2D eigenvalue weighted by molar-refractivity contribution is 0.266. The Balaban J connectivity index is 1.01. The van der Waals surface area contributed by atoms with Crippen LogP contribution in [0.3, 0.4) is 0 Å². The molecule has 0 amide bonds. The summed E-state index contributed by atoms with van der Waals surface area (Å²) in [5, 5.41) is 7.58. The van der Waals surface area contributed by atoms with Gasteiger partial charge in [0.05, 0.1) is 5.69 Å². The summed E-state index contributed by atoms with van der Waals surface area (Å²) in [7, 11) is 0. The minimum Gasteiger partial charge on any atom is -0.310 e. The second-order valence-electron chi connectivity index (χ2n) is 17.4. The minimum atomic E-state index is 0.391. The Hall–Kier alpha value is -6.44. The Morgan fingerprint density at radius 1 is 0.379 bits per heavy atom. The number of benzene rings is 9. The van der Waals surface area contributed by atoms with Crippen molar-refractivity contribution in [2.75, 3.05) is 4.90 Å². The summed E-state index contributed by atoms with van der Waals surface area (Å²) in [5.74, 6) is 2.74. The van der Waals surface area contributed by atoms with Crippen LogP contribution in [0.4, 0.5) is 17.1 Å². The fourth-order valence-electron chi connectivity index (χ4n) is 12.0. The second kappa shape index (κ2) is 13.3. The monoisotopic (exact) mass is 743 g/mol. The summed E-state index contributed by atoms with van der Waals surface area (Å²) in [5.41, 5.74) is 13.0. The zero-order chi connectivity index (χ0) is 38.2. The van der Waals surface area contributed by atoms with Crippen molar-refractivity contribution in [3.63, 3.8) is 0 Å². The molecule has 0 saturated heterocycles. The van der Waals surface area contributed by atoms with Crippen LogP contribution >= 0.6 is 0 Å². The minimum absolute atomic E-state index is 0.391. The van der Waals surface area contributed by atoms with Crippen molar-refractivity contribution in [2.45, 2.75) is 37.5 Å². The Morgan fingerprint density at radius 3 is 1.69 bits per heavy atom. The van der Waals surface area contributed by atoms with Gasteiger partial charge in [0.2, 0.25) is 0 Å². The molecule has 4 fully saturated rings. The van der Waals surface area contributed by atoms with Crippen LogP contribution in [0.2, 0.25) is 0 Å². The van der Waals surface area contributed by atoms with E-state index in [1.54, 1.807) is 5.56 Å². The molecule has 1 heteroatoms. The number of nitrogens with zero attached hydrogens (tertiary/aromatic N) is 1. The highest BCUT2D eigenvalue weighted by Crippen LogP contribution is 2.66. The molecule has 0 radical (unpaired) electrons. The summed E-state index contributed by atoms with van der Waals surface area (Å²) in [4.78, 5) is 2.50. The van der Waals surface area contributed by atoms with Crippen LogP contribution in [0.1, 0.15) is 37.7 Å². The van der Waals surface area contributed by atoms with Crippen LogP contribution in [-0.2, 0) is 5.41 Å². The topological polar surface area (TPSA) is 3.24 Å². The second-order valence-corrected chi connectivity index (χ2v) is 17.4. The lowest BCUT2D eigenvalue weighted by Gasteiger charge is -2.34. The van der Waals surface area contributed by atoms with E-state index in [2.05, 4.69) is 199 Å². The van der Waals surface area contributed by atoms with Gasteiger partial charge in [-0.05, 0) is 151 Å². The number of anilines is 3. The zero-order valence-corrected chi connectivity index (χ0v) is 32.7. The summed E-state index contributed by atoms with van der Waals surface area (Å²) < 4.78 is 0. The molecule has 1 nitrogen and oxygen atoms in total. The molecule has 9 aromatic carbocycles. The van der Waals surface area contributed by atoms with Gasteiger partial charge in [0.1, 0.15) is 0 Å². The Morgan fingerprint density at radius 2 is 0.948 bits per heavy atom. The molecule has 278 valence electrons. The highest BCUT2D eigenvalue weighted by Gasteiger charge is 2.58. The molecule has 4 aliphatic rings. The first-order valence-corrected chi connectivity index (χ1v) is 21.3. The van der Waals surface area contributed by atoms with Gasteiger partial charge in [-0.1, -0.05) is 164 Å². The van der Waals surface area contributed by atoms with Gasteiger partial charge in [0.15, 0.2) is 0 Å². The van der Waals surface area contributed by atoms with E-state index < -0.39 is 0 Å². The van der Waals surface area contributed by atoms with Crippen molar-refractivity contribution in [1.29, 1.82) is 0 Å². The third-order valence-corrected chi connectivity index (χ3v) is 14.3. The summed E-state index contributed by atoms with van der Waals surface area (Å²) in [6.07, 6.45) is 7.12. The predicted octanol–water partition coefficient (Wildman–Crippen LogP) is 15.7. The van der Waals surface area contributed by atoms with E-state index in [9.17, 15) is 0 Å². The van der Waals surface area contributed by atoms with Gasteiger partial charge < -0.3 is 4.90 Å².